The Hall–Kier alpha value is -2.40. The Morgan fingerprint density at radius 3 is 2.32 bits per heavy atom. The average Bonchev–Trinajstić information content (AvgIpc) is 2.87. The summed E-state index contributed by atoms with van der Waals surface area (Å²) in [6.07, 6.45) is 7.84. The van der Waals surface area contributed by atoms with Gasteiger partial charge in [0.15, 0.2) is 11.6 Å². The third kappa shape index (κ3) is 3.90. The van der Waals surface area contributed by atoms with E-state index >= 15 is 0 Å². The molecule has 0 aromatic rings. The van der Waals surface area contributed by atoms with Gasteiger partial charge in [-0.1, -0.05) is 46.3 Å². The molecular formula is C33H44F2N2O4. The van der Waals surface area contributed by atoms with Crippen LogP contribution in [0.4, 0.5) is 8.78 Å². The van der Waals surface area contributed by atoms with E-state index < -0.39 is 44.9 Å². The molecule has 5 rings (SSSR count). The SMILES string of the molecule is CC1(C)CC[C@]2(NC(=O)C(C)(F)F)CC[C@]3(C)C(C(=O)C=C4[C@@]5(C)C=C(C#N)C(=O)[C@@](C)(CO)C5CC[C@]43C)C2C1. The molecule has 8 atom stereocenters. The summed E-state index contributed by atoms with van der Waals surface area (Å²) in [5.41, 5.74) is -3.00. The Balaban J connectivity index is 1.67. The molecule has 0 aromatic carbocycles. The fourth-order valence-corrected chi connectivity index (χ4v) is 10.2. The van der Waals surface area contributed by atoms with Gasteiger partial charge in [-0.25, -0.2) is 0 Å². The zero-order chi connectivity index (χ0) is 30.6. The van der Waals surface area contributed by atoms with Crippen molar-refractivity contribution in [3.8, 4) is 6.07 Å². The van der Waals surface area contributed by atoms with E-state index in [0.717, 1.165) is 12.0 Å². The van der Waals surface area contributed by atoms with Crippen LogP contribution in [0.25, 0.3) is 0 Å². The number of nitriles is 1. The molecule has 0 spiro atoms. The normalized spacial score (nSPS) is 45.1. The first kappa shape index (κ1) is 30.1. The lowest BCUT2D eigenvalue weighted by Crippen LogP contribution is -2.70. The molecule has 5 aliphatic carbocycles. The molecule has 0 saturated heterocycles. The summed E-state index contributed by atoms with van der Waals surface area (Å²) in [6.45, 7) is 12.6. The summed E-state index contributed by atoms with van der Waals surface area (Å²) in [7, 11) is 0. The van der Waals surface area contributed by atoms with Gasteiger partial charge in [0.2, 0.25) is 0 Å². The van der Waals surface area contributed by atoms with Gasteiger partial charge in [-0.15, -0.1) is 0 Å². The first-order valence-corrected chi connectivity index (χ1v) is 15.0. The molecule has 41 heavy (non-hydrogen) atoms. The van der Waals surface area contributed by atoms with Crippen LogP contribution in [-0.2, 0) is 14.4 Å². The Kier molecular flexibility index (Phi) is 6.46. The standard InChI is InChI=1S/C33H44F2N2O4/c1-27(2)10-12-33(37-26(41)32(7,34)35)13-11-31(6)24(20(33)16-27)21(39)14-23-28(3)15-19(17-36)25(40)29(4,18-38)22(28)8-9-30(23,31)5/h14-15,20,22,24,38H,8-13,16,18H2,1-7H3,(H,37,41)/t20?,22?,24?,28-,29-,30+,31+,33-/m0/s1. The number of aliphatic hydroxyl groups is 1. The molecule has 3 fully saturated rings. The van der Waals surface area contributed by atoms with E-state index in [4.69, 9.17) is 0 Å². The quantitative estimate of drug-likeness (QED) is 0.453. The zero-order valence-electron chi connectivity index (χ0n) is 25.4. The van der Waals surface area contributed by atoms with E-state index in [-0.39, 0.29) is 41.0 Å². The van der Waals surface area contributed by atoms with Gasteiger partial charge in [0, 0.05) is 23.8 Å². The molecule has 5 aliphatic rings. The van der Waals surface area contributed by atoms with Crippen LogP contribution in [-0.4, -0.2) is 40.6 Å². The molecule has 0 radical (unpaired) electrons. The Morgan fingerprint density at radius 2 is 1.73 bits per heavy atom. The van der Waals surface area contributed by atoms with Crippen molar-refractivity contribution in [1.82, 2.24) is 5.32 Å². The van der Waals surface area contributed by atoms with Gasteiger partial charge in [-0.3, -0.25) is 14.4 Å². The van der Waals surface area contributed by atoms with E-state index in [9.17, 15) is 33.5 Å². The highest BCUT2D eigenvalue weighted by Crippen LogP contribution is 2.73. The number of allylic oxidation sites excluding steroid dienone is 4. The van der Waals surface area contributed by atoms with Crippen molar-refractivity contribution >= 4 is 17.5 Å². The van der Waals surface area contributed by atoms with Crippen molar-refractivity contribution in [3.05, 3.63) is 23.3 Å². The van der Waals surface area contributed by atoms with Crippen LogP contribution in [0.2, 0.25) is 0 Å². The number of hydrogen-bond donors (Lipinski definition) is 2. The highest BCUT2D eigenvalue weighted by atomic mass is 19.3. The zero-order valence-corrected chi connectivity index (χ0v) is 25.4. The van der Waals surface area contributed by atoms with Gasteiger partial charge in [0.05, 0.1) is 17.6 Å². The van der Waals surface area contributed by atoms with Crippen molar-refractivity contribution in [2.24, 2.45) is 44.8 Å². The number of rotatable bonds is 3. The molecule has 0 bridgehead atoms. The fraction of sp³-hybridized carbons (Fsp3) is 0.758. The molecule has 224 valence electrons. The lowest BCUT2D eigenvalue weighted by atomic mass is 9.35. The van der Waals surface area contributed by atoms with E-state index in [1.807, 2.05) is 6.92 Å². The smallest absolute Gasteiger partial charge is 0.321 e. The highest BCUT2D eigenvalue weighted by molar-refractivity contribution is 6.05. The molecule has 0 aliphatic heterocycles. The molecule has 2 N–H and O–H groups in total. The lowest BCUT2D eigenvalue weighted by Gasteiger charge is -2.69. The molecule has 1 amide bonds. The second-order valence-corrected chi connectivity index (χ2v) is 15.6. The van der Waals surface area contributed by atoms with Crippen LogP contribution in [0.5, 0.6) is 0 Å². The summed E-state index contributed by atoms with van der Waals surface area (Å²) in [5, 5.41) is 23.1. The number of amides is 1. The van der Waals surface area contributed by atoms with E-state index in [0.29, 0.717) is 45.4 Å². The van der Waals surface area contributed by atoms with Gasteiger partial charge in [-0.2, -0.15) is 14.0 Å². The first-order valence-electron chi connectivity index (χ1n) is 15.0. The summed E-state index contributed by atoms with van der Waals surface area (Å²) in [5.74, 6) is -6.27. The first-order chi connectivity index (χ1) is 18.7. The third-order valence-electron chi connectivity index (χ3n) is 12.8. The maximum absolute atomic E-state index is 14.4. The number of fused-ring (bicyclic) bond motifs is 7. The molecule has 8 heteroatoms. The Labute approximate surface area is 242 Å². The highest BCUT2D eigenvalue weighted by Gasteiger charge is 2.70. The molecule has 3 saturated carbocycles. The average molecular weight is 571 g/mol. The number of hydrogen-bond acceptors (Lipinski definition) is 5. The van der Waals surface area contributed by atoms with Crippen molar-refractivity contribution in [3.63, 3.8) is 0 Å². The molecule has 3 unspecified atom stereocenters. The number of halogens is 2. The number of carbonyl (C=O) groups excluding carboxylic acids is 3. The van der Waals surface area contributed by atoms with Crippen molar-refractivity contribution in [1.29, 1.82) is 5.26 Å². The molecule has 6 nitrogen and oxygen atoms in total. The second-order valence-electron chi connectivity index (χ2n) is 15.6. The van der Waals surface area contributed by atoms with Crippen LogP contribution < -0.4 is 5.32 Å². The number of aliphatic hydroxyl groups excluding tert-OH is 1. The predicted octanol–water partition coefficient (Wildman–Crippen LogP) is 5.70. The summed E-state index contributed by atoms with van der Waals surface area (Å²) < 4.78 is 28.3. The van der Waals surface area contributed by atoms with Gasteiger partial charge in [-0.05, 0) is 86.0 Å². The summed E-state index contributed by atoms with van der Waals surface area (Å²) >= 11 is 0. The molecule has 0 aromatic heterocycles. The fourth-order valence-electron chi connectivity index (χ4n) is 10.2. The maximum atomic E-state index is 14.4. The van der Waals surface area contributed by atoms with Gasteiger partial charge < -0.3 is 10.4 Å². The van der Waals surface area contributed by atoms with Crippen molar-refractivity contribution in [2.45, 2.75) is 105 Å². The largest absolute Gasteiger partial charge is 0.395 e. The van der Waals surface area contributed by atoms with Crippen LogP contribution in [0, 0.1) is 56.2 Å². The number of carbonyl (C=O) groups is 3. The number of Topliss-reactive ketones (excluding diaryl/α,β-unsaturated/α-hetero) is 1. The van der Waals surface area contributed by atoms with E-state index in [1.165, 1.54) is 0 Å². The maximum Gasteiger partial charge on any atom is 0.321 e. The van der Waals surface area contributed by atoms with Crippen LogP contribution in [0.15, 0.2) is 23.3 Å². The van der Waals surface area contributed by atoms with Crippen molar-refractivity contribution in [2.75, 3.05) is 6.61 Å². The topological polar surface area (TPSA) is 107 Å². The Bertz CT molecular complexity index is 1320. The van der Waals surface area contributed by atoms with E-state index in [1.54, 1.807) is 19.1 Å². The number of nitrogens with one attached hydrogen (secondary N) is 1. The second kappa shape index (κ2) is 8.81. The lowest BCUT2D eigenvalue weighted by molar-refractivity contribution is -0.169. The minimum atomic E-state index is -3.52. The summed E-state index contributed by atoms with van der Waals surface area (Å²) in [4.78, 5) is 40.4. The minimum absolute atomic E-state index is 0.0186. The number of ketones is 2. The Morgan fingerprint density at radius 1 is 1.10 bits per heavy atom. The monoisotopic (exact) mass is 570 g/mol. The van der Waals surface area contributed by atoms with Gasteiger partial charge >= 0.3 is 5.92 Å². The third-order valence-corrected chi connectivity index (χ3v) is 12.8. The predicted molar refractivity (Wildman–Crippen MR) is 149 cm³/mol. The van der Waals surface area contributed by atoms with E-state index in [2.05, 4.69) is 39.1 Å². The van der Waals surface area contributed by atoms with Crippen LogP contribution >= 0.6 is 0 Å². The van der Waals surface area contributed by atoms with Gasteiger partial charge in [0.1, 0.15) is 6.07 Å². The molecule has 0 heterocycles. The number of alkyl halides is 2. The number of nitrogens with zero attached hydrogens (tertiary/aromatic N) is 1. The van der Waals surface area contributed by atoms with Crippen LogP contribution in [0.1, 0.15) is 93.4 Å². The van der Waals surface area contributed by atoms with Crippen molar-refractivity contribution < 1.29 is 28.3 Å². The van der Waals surface area contributed by atoms with Gasteiger partial charge in [0.25, 0.3) is 5.91 Å². The molecular weight excluding hydrogens is 526 g/mol. The summed E-state index contributed by atoms with van der Waals surface area (Å²) in [6, 6.07) is 2.05. The minimum Gasteiger partial charge on any atom is -0.395 e. The van der Waals surface area contributed by atoms with Crippen LogP contribution in [0.3, 0.4) is 0 Å².